The van der Waals surface area contributed by atoms with Gasteiger partial charge in [0.1, 0.15) is 16.9 Å². The Bertz CT molecular complexity index is 1020. The maximum atomic E-state index is 13.0. The quantitative estimate of drug-likeness (QED) is 0.635. The van der Waals surface area contributed by atoms with Gasteiger partial charge in [0.15, 0.2) is 0 Å². The highest BCUT2D eigenvalue weighted by Crippen LogP contribution is 2.41. The Balaban J connectivity index is 0.00000306. The van der Waals surface area contributed by atoms with E-state index >= 15 is 0 Å². The number of carbonyl (C=O) groups is 1. The second-order valence-electron chi connectivity index (χ2n) is 9.69. The molecule has 1 amide bonds. The zero-order chi connectivity index (χ0) is 23.3. The van der Waals surface area contributed by atoms with E-state index in [4.69, 9.17) is 4.74 Å². The number of carbonyl (C=O) groups excluding carboxylic acids is 1. The van der Waals surface area contributed by atoms with Gasteiger partial charge >= 0.3 is 6.18 Å². The number of alkyl halides is 3. The third kappa shape index (κ3) is 5.11. The maximum absolute atomic E-state index is 13.0. The van der Waals surface area contributed by atoms with E-state index in [1.165, 1.54) is 12.1 Å². The molecule has 2 aromatic rings. The number of hydrogen-bond donors (Lipinski definition) is 1. The van der Waals surface area contributed by atoms with Crippen LogP contribution in [-0.4, -0.2) is 40.5 Å². The van der Waals surface area contributed by atoms with Crippen LogP contribution in [-0.2, 0) is 11.0 Å². The molecule has 33 heavy (non-hydrogen) atoms. The molecule has 1 aromatic heterocycles. The molecular weight excluding hydrogens is 455 g/mol. The van der Waals surface area contributed by atoms with Crippen LogP contribution in [0.15, 0.2) is 36.5 Å². The van der Waals surface area contributed by atoms with E-state index in [0.717, 1.165) is 43.6 Å². The predicted octanol–water partition coefficient (Wildman–Crippen LogP) is 5.39. The Kier molecular flexibility index (Phi) is 6.75. The van der Waals surface area contributed by atoms with Crippen molar-refractivity contribution in [1.29, 1.82) is 0 Å². The number of likely N-dealkylation sites (tertiary alicyclic amines) is 1. The van der Waals surface area contributed by atoms with E-state index in [1.807, 2.05) is 33.9 Å². The van der Waals surface area contributed by atoms with Crippen molar-refractivity contribution in [2.45, 2.75) is 63.4 Å². The Hall–Kier alpha value is -2.32. The van der Waals surface area contributed by atoms with Crippen LogP contribution >= 0.6 is 12.4 Å². The molecule has 0 aliphatic carbocycles. The van der Waals surface area contributed by atoms with Gasteiger partial charge in [-0.3, -0.25) is 15.1 Å². The minimum absolute atomic E-state index is 0. The van der Waals surface area contributed by atoms with Crippen LogP contribution in [0.25, 0.3) is 11.1 Å². The number of hydrogen-bond acceptors (Lipinski definition) is 4. The third-order valence-corrected chi connectivity index (χ3v) is 6.13. The molecule has 2 aliphatic rings. The molecule has 180 valence electrons. The molecule has 0 unspecified atom stereocenters. The van der Waals surface area contributed by atoms with Gasteiger partial charge in [0.2, 0.25) is 5.91 Å². The molecule has 2 aliphatic heterocycles. The summed E-state index contributed by atoms with van der Waals surface area (Å²) in [6.45, 7) is 6.44. The van der Waals surface area contributed by atoms with E-state index < -0.39 is 22.9 Å². The van der Waals surface area contributed by atoms with Crippen molar-refractivity contribution in [3.05, 3.63) is 47.8 Å². The summed E-state index contributed by atoms with van der Waals surface area (Å²) in [5.74, 6) is 0.612. The fourth-order valence-electron chi connectivity index (χ4n) is 4.51. The number of nitrogens with one attached hydrogen (secondary N) is 1. The summed E-state index contributed by atoms with van der Waals surface area (Å²) in [4.78, 5) is 19.0. The summed E-state index contributed by atoms with van der Waals surface area (Å²) < 4.78 is 45.1. The highest BCUT2D eigenvalue weighted by atomic mass is 35.5. The molecule has 2 atom stereocenters. The number of rotatable bonds is 3. The largest absolute Gasteiger partial charge is 0.486 e. The van der Waals surface area contributed by atoms with Crippen LogP contribution in [0.2, 0.25) is 0 Å². The molecule has 5 nitrogen and oxygen atoms in total. The number of nitrogens with zero attached hydrogens (tertiary/aromatic N) is 2. The normalized spacial score (nSPS) is 23.2. The molecule has 0 bridgehead atoms. The van der Waals surface area contributed by atoms with E-state index in [2.05, 4.69) is 10.3 Å². The Morgan fingerprint density at radius 1 is 1.15 bits per heavy atom. The van der Waals surface area contributed by atoms with E-state index in [-0.39, 0.29) is 24.4 Å². The van der Waals surface area contributed by atoms with E-state index in [9.17, 15) is 18.0 Å². The lowest BCUT2D eigenvalue weighted by Crippen LogP contribution is -2.47. The second-order valence-corrected chi connectivity index (χ2v) is 9.69. The molecule has 1 spiro atoms. The van der Waals surface area contributed by atoms with Crippen molar-refractivity contribution in [1.82, 2.24) is 15.2 Å². The molecule has 2 saturated heterocycles. The fraction of sp³-hybridized carbons (Fsp3) is 0.500. The van der Waals surface area contributed by atoms with Crippen molar-refractivity contribution in [3.8, 4) is 16.9 Å². The maximum Gasteiger partial charge on any atom is 0.416 e. The zero-order valence-corrected chi connectivity index (χ0v) is 19.9. The van der Waals surface area contributed by atoms with Crippen molar-refractivity contribution in [2.75, 3.05) is 13.6 Å². The predicted molar refractivity (Wildman–Crippen MR) is 122 cm³/mol. The van der Waals surface area contributed by atoms with Gasteiger partial charge in [-0.2, -0.15) is 13.2 Å². The lowest BCUT2D eigenvalue weighted by molar-refractivity contribution is -0.137. The van der Waals surface area contributed by atoms with Gasteiger partial charge in [-0.15, -0.1) is 12.4 Å². The van der Waals surface area contributed by atoms with Gasteiger partial charge in [0, 0.05) is 19.2 Å². The number of aromatic nitrogens is 1. The first kappa shape index (κ1) is 25.3. The first-order chi connectivity index (χ1) is 14.9. The first-order valence-corrected chi connectivity index (χ1v) is 10.8. The van der Waals surface area contributed by atoms with Crippen LogP contribution in [0.5, 0.6) is 5.75 Å². The second kappa shape index (κ2) is 8.80. The standard InChI is InChI=1S/C24H28F3N3O2.ClH/c1-22(2,3)32-20-14-28-19(18-9-10-23(29-18)11-12-30(4)21(23)31)13-17(20)15-5-7-16(8-6-15)24(25,26)27;/h5-8,13-14,18,29H,9-12H2,1-4H3;1H/t18-,23+;/m1./s1. The molecule has 1 aromatic carbocycles. The number of likely N-dealkylation sites (N-methyl/N-ethyl adjacent to an activating group) is 1. The average Bonchev–Trinajstić information content (AvgIpc) is 3.26. The molecule has 2 fully saturated rings. The summed E-state index contributed by atoms with van der Waals surface area (Å²) in [6, 6.07) is 6.82. The summed E-state index contributed by atoms with van der Waals surface area (Å²) in [5.41, 5.74) is 0.301. The van der Waals surface area contributed by atoms with E-state index in [0.29, 0.717) is 16.9 Å². The number of halogens is 4. The van der Waals surface area contributed by atoms with Gasteiger partial charge < -0.3 is 9.64 Å². The summed E-state index contributed by atoms with van der Waals surface area (Å²) in [5, 5.41) is 3.49. The Morgan fingerprint density at radius 3 is 2.36 bits per heavy atom. The molecule has 9 heteroatoms. The Morgan fingerprint density at radius 2 is 1.82 bits per heavy atom. The molecule has 1 N–H and O–H groups in total. The topological polar surface area (TPSA) is 54.5 Å². The summed E-state index contributed by atoms with van der Waals surface area (Å²) in [7, 11) is 1.81. The highest BCUT2D eigenvalue weighted by molar-refractivity contribution is 5.88. The van der Waals surface area contributed by atoms with Crippen LogP contribution < -0.4 is 10.1 Å². The van der Waals surface area contributed by atoms with Crippen molar-refractivity contribution in [3.63, 3.8) is 0 Å². The van der Waals surface area contributed by atoms with Crippen LogP contribution in [0.1, 0.15) is 57.3 Å². The van der Waals surface area contributed by atoms with Gasteiger partial charge in [-0.05, 0) is 63.8 Å². The number of pyridine rings is 1. The van der Waals surface area contributed by atoms with Crippen LogP contribution in [0.3, 0.4) is 0 Å². The first-order valence-electron chi connectivity index (χ1n) is 10.8. The van der Waals surface area contributed by atoms with Crippen molar-refractivity contribution in [2.24, 2.45) is 0 Å². The van der Waals surface area contributed by atoms with Gasteiger partial charge in [0.25, 0.3) is 0 Å². The minimum Gasteiger partial charge on any atom is -0.486 e. The van der Waals surface area contributed by atoms with Gasteiger partial charge in [0.05, 0.1) is 23.5 Å². The molecule has 4 rings (SSSR count). The number of amides is 1. The highest BCUT2D eigenvalue weighted by Gasteiger charge is 2.50. The smallest absolute Gasteiger partial charge is 0.416 e. The van der Waals surface area contributed by atoms with Crippen LogP contribution in [0.4, 0.5) is 13.2 Å². The van der Waals surface area contributed by atoms with Crippen molar-refractivity contribution < 1.29 is 22.7 Å². The lowest BCUT2D eigenvalue weighted by Gasteiger charge is -2.25. The third-order valence-electron chi connectivity index (χ3n) is 6.13. The lowest BCUT2D eigenvalue weighted by atomic mass is 9.96. The molecule has 0 radical (unpaired) electrons. The minimum atomic E-state index is -4.39. The molecule has 0 saturated carbocycles. The van der Waals surface area contributed by atoms with E-state index in [1.54, 1.807) is 11.1 Å². The fourth-order valence-corrected chi connectivity index (χ4v) is 4.51. The summed E-state index contributed by atoms with van der Waals surface area (Å²) in [6.07, 6.45) is -0.509. The van der Waals surface area contributed by atoms with Gasteiger partial charge in [-0.25, -0.2) is 0 Å². The zero-order valence-electron chi connectivity index (χ0n) is 19.1. The van der Waals surface area contributed by atoms with Crippen molar-refractivity contribution >= 4 is 18.3 Å². The monoisotopic (exact) mass is 483 g/mol. The SMILES string of the molecule is CN1CC[C@@]2(CC[C@H](c3cc(-c4ccc(C(F)(F)F)cc4)c(OC(C)(C)C)cn3)N2)C1=O.Cl. The number of benzene rings is 1. The molecular formula is C24H29ClF3N3O2. The Labute approximate surface area is 198 Å². The molecule has 3 heterocycles. The van der Waals surface area contributed by atoms with Gasteiger partial charge in [-0.1, -0.05) is 12.1 Å². The average molecular weight is 484 g/mol. The number of ether oxygens (including phenoxy) is 1. The summed E-state index contributed by atoms with van der Waals surface area (Å²) >= 11 is 0. The van der Waals surface area contributed by atoms with Crippen LogP contribution in [0, 0.1) is 0 Å².